The Bertz CT molecular complexity index is 998. The highest BCUT2D eigenvalue weighted by atomic mass is 32.2. The lowest BCUT2D eigenvalue weighted by atomic mass is 10.2. The predicted molar refractivity (Wildman–Crippen MR) is 98.9 cm³/mol. The number of fused-ring (bicyclic) bond motifs is 1. The number of rotatable bonds is 7. The van der Waals surface area contributed by atoms with Crippen LogP contribution in [0.1, 0.15) is 24.7 Å². The molecule has 0 saturated carbocycles. The number of amides is 1. The molecule has 0 bridgehead atoms. The number of sulfonamides is 1. The molecule has 1 aliphatic heterocycles. The highest BCUT2D eigenvalue weighted by Crippen LogP contribution is 2.22. The molecule has 1 amide bonds. The zero-order valence-electron chi connectivity index (χ0n) is 15.0. The molecule has 2 N–H and O–H groups in total. The van der Waals surface area contributed by atoms with E-state index in [0.29, 0.717) is 11.3 Å². The molecule has 0 fully saturated rings. The van der Waals surface area contributed by atoms with Crippen molar-refractivity contribution in [3.63, 3.8) is 0 Å². The van der Waals surface area contributed by atoms with Gasteiger partial charge in [-0.05, 0) is 31.2 Å². The SMILES string of the molecule is C[C@@H](OC(=O)CCN=C1NS(=O)(=O)c2ccccc21)C(=O)NCc1ccco1. The molecule has 3 rings (SSSR count). The number of ether oxygens (including phenoxy) is 1. The second kappa shape index (κ2) is 8.26. The van der Waals surface area contributed by atoms with Gasteiger partial charge >= 0.3 is 5.97 Å². The third kappa shape index (κ3) is 4.58. The van der Waals surface area contributed by atoms with Gasteiger partial charge in [0.25, 0.3) is 15.9 Å². The fraction of sp³-hybridized carbons (Fsp3) is 0.278. The first kappa shape index (κ1) is 19.6. The Morgan fingerprint density at radius 2 is 2.04 bits per heavy atom. The number of furan rings is 1. The maximum Gasteiger partial charge on any atom is 0.308 e. The number of nitrogens with one attached hydrogen (secondary N) is 2. The van der Waals surface area contributed by atoms with Crippen LogP contribution < -0.4 is 10.0 Å². The van der Waals surface area contributed by atoms with Crippen molar-refractivity contribution in [3.8, 4) is 0 Å². The average molecular weight is 405 g/mol. The molecule has 1 atom stereocenters. The number of hydrogen-bond donors (Lipinski definition) is 2. The van der Waals surface area contributed by atoms with Crippen molar-refractivity contribution in [1.82, 2.24) is 10.0 Å². The number of aliphatic imine (C=N–C) groups is 1. The topological polar surface area (TPSA) is 127 Å². The fourth-order valence-corrected chi connectivity index (χ4v) is 3.80. The Morgan fingerprint density at radius 1 is 1.25 bits per heavy atom. The van der Waals surface area contributed by atoms with Gasteiger partial charge in [-0.2, -0.15) is 0 Å². The number of nitrogens with zero attached hydrogens (tertiary/aromatic N) is 1. The first-order chi connectivity index (χ1) is 13.4. The van der Waals surface area contributed by atoms with Crippen molar-refractivity contribution in [2.75, 3.05) is 6.54 Å². The van der Waals surface area contributed by atoms with Gasteiger partial charge in [-0.1, -0.05) is 12.1 Å². The monoisotopic (exact) mass is 405 g/mol. The zero-order valence-corrected chi connectivity index (χ0v) is 15.9. The highest BCUT2D eigenvalue weighted by molar-refractivity contribution is 7.90. The Balaban J connectivity index is 1.48. The summed E-state index contributed by atoms with van der Waals surface area (Å²) in [5.41, 5.74) is 0.460. The standard InChI is InChI=1S/C18H19N3O6S/c1-12(18(23)20-11-13-5-4-10-26-13)27-16(22)8-9-19-17-14-6-2-3-7-15(14)28(24,25)21-17/h2-7,10,12H,8-9,11H2,1H3,(H,19,21)(H,20,23)/t12-/m1/s1. The maximum absolute atomic E-state index is 12.0. The van der Waals surface area contributed by atoms with Crippen molar-refractivity contribution in [1.29, 1.82) is 0 Å². The summed E-state index contributed by atoms with van der Waals surface area (Å²) < 4.78 is 36.5. The van der Waals surface area contributed by atoms with Gasteiger partial charge in [-0.15, -0.1) is 0 Å². The fourth-order valence-electron chi connectivity index (χ4n) is 2.55. The van der Waals surface area contributed by atoms with Crippen LogP contribution in [0.5, 0.6) is 0 Å². The molecule has 2 aromatic rings. The van der Waals surface area contributed by atoms with E-state index in [0.717, 1.165) is 0 Å². The van der Waals surface area contributed by atoms with Gasteiger partial charge in [0, 0.05) is 5.56 Å². The number of amidine groups is 1. The van der Waals surface area contributed by atoms with Crippen molar-refractivity contribution in [2.24, 2.45) is 4.99 Å². The van der Waals surface area contributed by atoms with Crippen molar-refractivity contribution in [3.05, 3.63) is 54.0 Å². The molecule has 148 valence electrons. The second-order valence-corrected chi connectivity index (χ2v) is 7.66. The summed E-state index contributed by atoms with van der Waals surface area (Å²) in [6.07, 6.45) is 0.430. The molecule has 0 aliphatic carbocycles. The van der Waals surface area contributed by atoms with E-state index in [1.807, 2.05) is 0 Å². The van der Waals surface area contributed by atoms with Crippen molar-refractivity contribution < 1.29 is 27.2 Å². The lowest BCUT2D eigenvalue weighted by Gasteiger charge is -2.12. The van der Waals surface area contributed by atoms with Crippen LogP contribution in [-0.2, 0) is 30.9 Å². The first-order valence-electron chi connectivity index (χ1n) is 8.53. The van der Waals surface area contributed by atoms with Gasteiger partial charge in [0.1, 0.15) is 11.6 Å². The number of hydrogen-bond acceptors (Lipinski definition) is 7. The summed E-state index contributed by atoms with van der Waals surface area (Å²) in [6.45, 7) is 1.68. The molecular formula is C18H19N3O6S. The molecule has 0 radical (unpaired) electrons. The molecule has 0 saturated heterocycles. The van der Waals surface area contributed by atoms with Crippen LogP contribution in [0.15, 0.2) is 57.0 Å². The summed E-state index contributed by atoms with van der Waals surface area (Å²) >= 11 is 0. The smallest absolute Gasteiger partial charge is 0.308 e. The summed E-state index contributed by atoms with van der Waals surface area (Å²) in [5, 5.41) is 2.60. The van der Waals surface area contributed by atoms with E-state index in [1.54, 1.807) is 30.3 Å². The molecule has 0 unspecified atom stereocenters. The Kier molecular flexibility index (Phi) is 5.78. The maximum atomic E-state index is 12.0. The van der Waals surface area contributed by atoms with Gasteiger partial charge in [-0.25, -0.2) is 8.42 Å². The van der Waals surface area contributed by atoms with Crippen molar-refractivity contribution in [2.45, 2.75) is 30.9 Å². The number of carbonyl (C=O) groups is 2. The summed E-state index contributed by atoms with van der Waals surface area (Å²) in [6, 6.07) is 9.86. The van der Waals surface area contributed by atoms with Crippen LogP contribution in [0.2, 0.25) is 0 Å². The Hall–Kier alpha value is -3.14. The number of esters is 1. The van der Waals surface area contributed by atoms with E-state index in [9.17, 15) is 18.0 Å². The molecule has 1 aromatic heterocycles. The first-order valence-corrected chi connectivity index (χ1v) is 10.0. The van der Waals surface area contributed by atoms with Crippen LogP contribution in [-0.4, -0.2) is 38.8 Å². The third-order valence-electron chi connectivity index (χ3n) is 3.94. The molecule has 1 aliphatic rings. The summed E-state index contributed by atoms with van der Waals surface area (Å²) in [5.74, 6) is -0.290. The lowest BCUT2D eigenvalue weighted by Crippen LogP contribution is -2.35. The minimum atomic E-state index is -3.62. The van der Waals surface area contributed by atoms with E-state index >= 15 is 0 Å². The van der Waals surface area contributed by atoms with E-state index in [4.69, 9.17) is 9.15 Å². The molecule has 0 spiro atoms. The van der Waals surface area contributed by atoms with Crippen LogP contribution in [0, 0.1) is 0 Å². The molecular weight excluding hydrogens is 386 g/mol. The van der Waals surface area contributed by atoms with Gasteiger partial charge in [-0.3, -0.25) is 19.3 Å². The lowest BCUT2D eigenvalue weighted by molar-refractivity contribution is -0.154. The molecule has 1 aromatic carbocycles. The normalized spacial score (nSPS) is 16.8. The molecule has 9 nitrogen and oxygen atoms in total. The quantitative estimate of drug-likeness (QED) is 0.661. The summed E-state index contributed by atoms with van der Waals surface area (Å²) in [7, 11) is -3.62. The Morgan fingerprint density at radius 3 is 2.79 bits per heavy atom. The van der Waals surface area contributed by atoms with E-state index < -0.39 is 28.0 Å². The van der Waals surface area contributed by atoms with Gasteiger partial charge in [0.05, 0.1) is 30.7 Å². The van der Waals surface area contributed by atoms with E-state index in [1.165, 1.54) is 19.3 Å². The number of benzene rings is 1. The van der Waals surface area contributed by atoms with Gasteiger partial charge < -0.3 is 14.5 Å². The van der Waals surface area contributed by atoms with Crippen LogP contribution in [0.25, 0.3) is 0 Å². The summed E-state index contributed by atoms with van der Waals surface area (Å²) in [4.78, 5) is 28.1. The van der Waals surface area contributed by atoms with E-state index in [-0.39, 0.29) is 30.2 Å². The van der Waals surface area contributed by atoms with Crippen molar-refractivity contribution >= 4 is 27.7 Å². The van der Waals surface area contributed by atoms with E-state index in [2.05, 4.69) is 15.0 Å². The van der Waals surface area contributed by atoms with Gasteiger partial charge in [0.15, 0.2) is 6.10 Å². The second-order valence-electron chi connectivity index (χ2n) is 6.01. The minimum absolute atomic E-state index is 0.0196. The van der Waals surface area contributed by atoms with Crippen LogP contribution in [0.4, 0.5) is 0 Å². The van der Waals surface area contributed by atoms with Crippen LogP contribution >= 0.6 is 0 Å². The molecule has 2 heterocycles. The highest BCUT2D eigenvalue weighted by Gasteiger charge is 2.30. The number of carbonyl (C=O) groups excluding carboxylic acids is 2. The third-order valence-corrected chi connectivity index (χ3v) is 5.34. The predicted octanol–water partition coefficient (Wildman–Crippen LogP) is 0.956. The molecule has 10 heteroatoms. The largest absolute Gasteiger partial charge is 0.467 e. The van der Waals surface area contributed by atoms with Crippen LogP contribution in [0.3, 0.4) is 0 Å². The minimum Gasteiger partial charge on any atom is -0.467 e. The molecule has 28 heavy (non-hydrogen) atoms. The zero-order chi connectivity index (χ0) is 20.1. The Labute approximate surface area is 161 Å². The average Bonchev–Trinajstić information content (AvgIpc) is 3.26. The van der Waals surface area contributed by atoms with Gasteiger partial charge in [0.2, 0.25) is 0 Å².